The quantitative estimate of drug-likeness (QED) is 0.564. The van der Waals surface area contributed by atoms with E-state index in [1.165, 1.54) is 17.8 Å². The van der Waals surface area contributed by atoms with Crippen LogP contribution in [0.15, 0.2) is 29.2 Å². The summed E-state index contributed by atoms with van der Waals surface area (Å²) >= 11 is 1.39. The van der Waals surface area contributed by atoms with E-state index in [0.717, 1.165) is 39.1 Å². The highest BCUT2D eigenvalue weighted by Crippen LogP contribution is 2.21. The maximum absolute atomic E-state index is 13.4. The summed E-state index contributed by atoms with van der Waals surface area (Å²) in [7, 11) is 0. The zero-order chi connectivity index (χ0) is 15.6. The first kappa shape index (κ1) is 17.2. The minimum atomic E-state index is -0.219. The van der Waals surface area contributed by atoms with Gasteiger partial charge in [-0.2, -0.15) is 0 Å². The first-order chi connectivity index (χ1) is 10.8. The van der Waals surface area contributed by atoms with Gasteiger partial charge in [0.05, 0.1) is 0 Å². The van der Waals surface area contributed by atoms with Crippen LogP contribution in [0.1, 0.15) is 12.8 Å². The van der Waals surface area contributed by atoms with Gasteiger partial charge in [0, 0.05) is 49.8 Å². The van der Waals surface area contributed by atoms with Crippen molar-refractivity contribution >= 4 is 17.7 Å². The number of rotatable bonds is 8. The van der Waals surface area contributed by atoms with Gasteiger partial charge in [-0.3, -0.25) is 4.79 Å². The summed E-state index contributed by atoms with van der Waals surface area (Å²) < 4.78 is 13.4. The third kappa shape index (κ3) is 6.34. The minimum Gasteiger partial charge on any atom is -0.356 e. The van der Waals surface area contributed by atoms with Gasteiger partial charge in [-0.25, -0.2) is 4.39 Å². The number of nitrogens with zero attached hydrogens (tertiary/aromatic N) is 1. The molecule has 0 unspecified atom stereocenters. The Labute approximate surface area is 135 Å². The molecule has 0 atom stereocenters. The molecule has 0 bridgehead atoms. The molecule has 2 rings (SSSR count). The number of thioether (sulfide) groups is 1. The zero-order valence-electron chi connectivity index (χ0n) is 12.8. The fraction of sp³-hybridized carbons (Fsp3) is 0.562. The number of amides is 1. The number of hydrogen-bond donors (Lipinski definition) is 2. The van der Waals surface area contributed by atoms with E-state index in [0.29, 0.717) is 23.6 Å². The van der Waals surface area contributed by atoms with Crippen LogP contribution < -0.4 is 10.6 Å². The third-order valence-corrected chi connectivity index (χ3v) is 4.66. The average Bonchev–Trinajstić information content (AvgIpc) is 2.54. The molecule has 4 nitrogen and oxygen atoms in total. The molecule has 6 heteroatoms. The average molecular weight is 325 g/mol. The number of nitrogens with one attached hydrogen (secondary N) is 2. The molecule has 2 N–H and O–H groups in total. The molecule has 0 aliphatic carbocycles. The Morgan fingerprint density at radius 3 is 2.86 bits per heavy atom. The Hall–Kier alpha value is -1.11. The van der Waals surface area contributed by atoms with Crippen molar-refractivity contribution in [1.82, 2.24) is 15.5 Å². The van der Waals surface area contributed by atoms with Crippen LogP contribution in [0.4, 0.5) is 4.39 Å². The molecule has 22 heavy (non-hydrogen) atoms. The number of carbonyl (C=O) groups is 1. The van der Waals surface area contributed by atoms with Gasteiger partial charge < -0.3 is 15.5 Å². The number of halogens is 1. The predicted molar refractivity (Wildman–Crippen MR) is 88.7 cm³/mol. The smallest absolute Gasteiger partial charge is 0.220 e. The summed E-state index contributed by atoms with van der Waals surface area (Å²) in [6.07, 6.45) is 1.40. The number of piperazine rings is 1. The standard InChI is InChI=1S/C16H24FN3OS/c17-14-4-1-2-5-15(14)22-13-6-16(21)19-7-3-10-20-11-8-18-9-12-20/h1-2,4-5,18H,3,6-13H2,(H,19,21). The highest BCUT2D eigenvalue weighted by molar-refractivity contribution is 7.99. The lowest BCUT2D eigenvalue weighted by atomic mass is 10.3. The van der Waals surface area contributed by atoms with Crippen LogP contribution in [0.5, 0.6) is 0 Å². The number of carbonyl (C=O) groups excluding carboxylic acids is 1. The topological polar surface area (TPSA) is 44.4 Å². The molecule has 1 fully saturated rings. The lowest BCUT2D eigenvalue weighted by Crippen LogP contribution is -2.44. The second-order valence-corrected chi connectivity index (χ2v) is 6.46. The van der Waals surface area contributed by atoms with Crippen molar-refractivity contribution in [3.05, 3.63) is 30.1 Å². The molecule has 1 aliphatic heterocycles. The Morgan fingerprint density at radius 2 is 2.09 bits per heavy atom. The van der Waals surface area contributed by atoms with Crippen LogP contribution in [0.2, 0.25) is 0 Å². The number of hydrogen-bond acceptors (Lipinski definition) is 4. The highest BCUT2D eigenvalue weighted by Gasteiger charge is 2.09. The molecule has 122 valence electrons. The van der Waals surface area contributed by atoms with Crippen molar-refractivity contribution < 1.29 is 9.18 Å². The normalized spacial score (nSPS) is 15.7. The van der Waals surface area contributed by atoms with Crippen molar-refractivity contribution in [1.29, 1.82) is 0 Å². The molecular weight excluding hydrogens is 301 g/mol. The van der Waals surface area contributed by atoms with Crippen LogP contribution >= 0.6 is 11.8 Å². The first-order valence-electron chi connectivity index (χ1n) is 7.83. The van der Waals surface area contributed by atoms with E-state index in [4.69, 9.17) is 0 Å². The van der Waals surface area contributed by atoms with E-state index < -0.39 is 0 Å². The molecule has 1 amide bonds. The Kier molecular flexibility index (Phi) is 7.70. The number of benzene rings is 1. The molecule has 1 heterocycles. The molecule has 1 aromatic carbocycles. The first-order valence-corrected chi connectivity index (χ1v) is 8.81. The second-order valence-electron chi connectivity index (χ2n) is 5.32. The van der Waals surface area contributed by atoms with E-state index in [1.54, 1.807) is 12.1 Å². The molecule has 0 spiro atoms. The van der Waals surface area contributed by atoms with Crippen LogP contribution in [0, 0.1) is 5.82 Å². The molecule has 1 saturated heterocycles. The van der Waals surface area contributed by atoms with Gasteiger partial charge in [0.1, 0.15) is 5.82 Å². The lowest BCUT2D eigenvalue weighted by molar-refractivity contribution is -0.120. The highest BCUT2D eigenvalue weighted by atomic mass is 32.2. The molecule has 0 aromatic heterocycles. The van der Waals surface area contributed by atoms with Gasteiger partial charge in [-0.15, -0.1) is 11.8 Å². The molecule has 0 saturated carbocycles. The van der Waals surface area contributed by atoms with Gasteiger partial charge in [0.15, 0.2) is 0 Å². The molecule has 1 aliphatic rings. The van der Waals surface area contributed by atoms with E-state index in [-0.39, 0.29) is 11.7 Å². The van der Waals surface area contributed by atoms with E-state index in [2.05, 4.69) is 15.5 Å². The SMILES string of the molecule is O=C(CCSc1ccccc1F)NCCCN1CCNCC1. The second kappa shape index (κ2) is 9.82. The van der Waals surface area contributed by atoms with Crippen molar-refractivity contribution in [3.63, 3.8) is 0 Å². The van der Waals surface area contributed by atoms with Crippen molar-refractivity contribution in [3.8, 4) is 0 Å². The summed E-state index contributed by atoms with van der Waals surface area (Å²) in [6.45, 7) is 6.04. The van der Waals surface area contributed by atoms with Gasteiger partial charge >= 0.3 is 0 Å². The summed E-state index contributed by atoms with van der Waals surface area (Å²) in [6, 6.07) is 6.66. The van der Waals surface area contributed by atoms with Crippen LogP contribution in [0.3, 0.4) is 0 Å². The minimum absolute atomic E-state index is 0.0455. The van der Waals surface area contributed by atoms with Gasteiger partial charge in [-0.05, 0) is 25.1 Å². The van der Waals surface area contributed by atoms with Gasteiger partial charge in [0.25, 0.3) is 0 Å². The summed E-state index contributed by atoms with van der Waals surface area (Å²) in [5, 5.41) is 6.26. The monoisotopic (exact) mass is 325 g/mol. The summed E-state index contributed by atoms with van der Waals surface area (Å²) in [5.74, 6) is 0.429. The van der Waals surface area contributed by atoms with Crippen LogP contribution in [0.25, 0.3) is 0 Å². The third-order valence-electron chi connectivity index (χ3n) is 3.61. The lowest BCUT2D eigenvalue weighted by Gasteiger charge is -2.27. The summed E-state index contributed by atoms with van der Waals surface area (Å²) in [5.41, 5.74) is 0. The van der Waals surface area contributed by atoms with Crippen LogP contribution in [-0.4, -0.2) is 55.8 Å². The van der Waals surface area contributed by atoms with Crippen LogP contribution in [-0.2, 0) is 4.79 Å². The van der Waals surface area contributed by atoms with Gasteiger partial charge in [0.2, 0.25) is 5.91 Å². The van der Waals surface area contributed by atoms with Crippen molar-refractivity contribution in [2.24, 2.45) is 0 Å². The van der Waals surface area contributed by atoms with Crippen molar-refractivity contribution in [2.45, 2.75) is 17.7 Å². The Morgan fingerprint density at radius 1 is 1.32 bits per heavy atom. The van der Waals surface area contributed by atoms with E-state index in [9.17, 15) is 9.18 Å². The Balaban J connectivity index is 1.51. The fourth-order valence-corrected chi connectivity index (χ4v) is 3.26. The fourth-order valence-electron chi connectivity index (χ4n) is 2.37. The molecule has 1 aromatic rings. The predicted octanol–water partition coefficient (Wildman–Crippen LogP) is 1.72. The van der Waals surface area contributed by atoms with E-state index >= 15 is 0 Å². The van der Waals surface area contributed by atoms with Gasteiger partial charge in [-0.1, -0.05) is 12.1 Å². The summed E-state index contributed by atoms with van der Waals surface area (Å²) in [4.78, 5) is 14.7. The zero-order valence-corrected chi connectivity index (χ0v) is 13.6. The largest absolute Gasteiger partial charge is 0.356 e. The van der Waals surface area contributed by atoms with E-state index in [1.807, 2.05) is 6.07 Å². The maximum Gasteiger partial charge on any atom is 0.220 e. The van der Waals surface area contributed by atoms with Crippen molar-refractivity contribution in [2.75, 3.05) is 45.0 Å². The molecular formula is C16H24FN3OS. The Bertz CT molecular complexity index is 466. The molecule has 0 radical (unpaired) electrons. The maximum atomic E-state index is 13.4.